The predicted octanol–water partition coefficient (Wildman–Crippen LogP) is 5.81. The molecule has 0 spiro atoms. The summed E-state index contributed by atoms with van der Waals surface area (Å²) in [5.41, 5.74) is 3.40. The van der Waals surface area contributed by atoms with Gasteiger partial charge in [-0.1, -0.05) is 30.3 Å². The summed E-state index contributed by atoms with van der Waals surface area (Å²) in [6.45, 7) is 8.28. The van der Waals surface area contributed by atoms with E-state index in [1.165, 1.54) is 17.7 Å². The molecule has 2 aliphatic heterocycles. The Labute approximate surface area is 246 Å². The van der Waals surface area contributed by atoms with Crippen molar-refractivity contribution in [1.82, 2.24) is 14.9 Å². The molecule has 8 nitrogen and oxygen atoms in total. The molecule has 0 atom stereocenters. The maximum Gasteiger partial charge on any atom is 0.490 e. The van der Waals surface area contributed by atoms with Gasteiger partial charge in [-0.2, -0.15) is 13.2 Å². The van der Waals surface area contributed by atoms with Crippen LogP contribution in [-0.2, 0) is 24.3 Å². The molecule has 43 heavy (non-hydrogen) atoms. The fourth-order valence-corrected chi connectivity index (χ4v) is 4.88. The number of alkyl halides is 3. The Morgan fingerprint density at radius 3 is 2.33 bits per heavy atom. The molecule has 2 N–H and O–H groups in total. The predicted molar refractivity (Wildman–Crippen MR) is 151 cm³/mol. The van der Waals surface area contributed by atoms with Crippen LogP contribution in [0.25, 0.3) is 0 Å². The Balaban J connectivity index is 0.000000541. The lowest BCUT2D eigenvalue weighted by Crippen LogP contribution is -2.40. The van der Waals surface area contributed by atoms with Crippen LogP contribution in [0.15, 0.2) is 48.5 Å². The number of ether oxygens (including phenoxy) is 1. The summed E-state index contributed by atoms with van der Waals surface area (Å²) in [7, 11) is 0. The van der Waals surface area contributed by atoms with Crippen LogP contribution in [0, 0.1) is 11.6 Å². The van der Waals surface area contributed by atoms with Gasteiger partial charge < -0.3 is 20.1 Å². The van der Waals surface area contributed by atoms with Crippen LogP contribution < -0.4 is 15.0 Å². The lowest BCUT2D eigenvalue weighted by molar-refractivity contribution is -0.192. The van der Waals surface area contributed by atoms with E-state index in [0.717, 1.165) is 81.1 Å². The number of piperidine rings is 1. The molecule has 3 heterocycles. The zero-order chi connectivity index (χ0) is 31.1. The van der Waals surface area contributed by atoms with Gasteiger partial charge in [0.1, 0.15) is 11.9 Å². The van der Waals surface area contributed by atoms with Crippen molar-refractivity contribution in [3.05, 3.63) is 77.1 Å². The Kier molecular flexibility index (Phi) is 10.4. The second-order valence-corrected chi connectivity index (χ2v) is 10.7. The summed E-state index contributed by atoms with van der Waals surface area (Å²) in [5.74, 6) is -2.23. The molecule has 0 radical (unpaired) electrons. The number of rotatable bonds is 7. The third-order valence-electron chi connectivity index (χ3n) is 6.92. The smallest absolute Gasteiger partial charge is 0.487 e. The molecule has 1 saturated heterocycles. The van der Waals surface area contributed by atoms with Crippen LogP contribution in [0.3, 0.4) is 0 Å². The van der Waals surface area contributed by atoms with Crippen molar-refractivity contribution in [3.8, 4) is 5.75 Å². The lowest BCUT2D eigenvalue weighted by atomic mass is 10.1. The molecule has 1 fully saturated rings. The Morgan fingerprint density at radius 1 is 1.05 bits per heavy atom. The number of halogens is 5. The largest absolute Gasteiger partial charge is 0.490 e. The molecule has 3 aromatic rings. The molecular formula is C30H34F5N5O3. The van der Waals surface area contributed by atoms with E-state index < -0.39 is 23.8 Å². The normalized spacial score (nSPS) is 15.9. The third-order valence-corrected chi connectivity index (χ3v) is 6.92. The van der Waals surface area contributed by atoms with E-state index in [4.69, 9.17) is 24.6 Å². The summed E-state index contributed by atoms with van der Waals surface area (Å²) in [6, 6.07) is 14.2. The van der Waals surface area contributed by atoms with Gasteiger partial charge in [-0.3, -0.25) is 4.90 Å². The average Bonchev–Trinajstić information content (AvgIpc) is 2.95. The van der Waals surface area contributed by atoms with Crippen LogP contribution in [0.2, 0.25) is 0 Å². The van der Waals surface area contributed by atoms with Crippen molar-refractivity contribution in [2.24, 2.45) is 0 Å². The molecule has 5 rings (SSSR count). The number of carbonyl (C=O) groups is 1. The monoisotopic (exact) mass is 607 g/mol. The molecule has 13 heteroatoms. The number of carboxylic acid groups (broad SMARTS) is 1. The first kappa shape index (κ1) is 31.9. The third kappa shape index (κ3) is 8.99. The summed E-state index contributed by atoms with van der Waals surface area (Å²) in [5, 5.41) is 10.6. The molecule has 0 amide bonds. The highest BCUT2D eigenvalue weighted by atomic mass is 19.4. The van der Waals surface area contributed by atoms with E-state index in [2.05, 4.69) is 53.2 Å². The molecule has 2 aromatic carbocycles. The number of hydrogen-bond acceptors (Lipinski definition) is 7. The molecule has 1 aromatic heterocycles. The van der Waals surface area contributed by atoms with E-state index in [0.29, 0.717) is 0 Å². The fourth-order valence-electron chi connectivity index (χ4n) is 4.88. The molecule has 0 bridgehead atoms. The van der Waals surface area contributed by atoms with Gasteiger partial charge in [0.15, 0.2) is 23.2 Å². The number of carboxylic acids is 1. The number of anilines is 2. The van der Waals surface area contributed by atoms with Crippen LogP contribution in [0.5, 0.6) is 5.75 Å². The number of aliphatic carboxylic acids is 1. The molecule has 2 aliphatic rings. The van der Waals surface area contributed by atoms with E-state index in [1.54, 1.807) is 0 Å². The van der Waals surface area contributed by atoms with Gasteiger partial charge >= 0.3 is 12.1 Å². The van der Waals surface area contributed by atoms with Gasteiger partial charge in [-0.05, 0) is 31.5 Å². The van der Waals surface area contributed by atoms with Gasteiger partial charge in [-0.15, -0.1) is 0 Å². The standard InChI is InChI=1S/C28H33F2N5O.C2HF3O2/c1-19(2)31-27-28(35-14-10-22(11-15-35)36-26-9-8-21(29)16-23(26)30)33-25-18-34(13-12-24(25)32-27)17-20-6-4-3-5-7-20;3-2(4,5)1(6)7/h3-9,16,19,22H,10-15,17-18H2,1-2H3,(H,31,32);(H,6,7). The molecule has 0 unspecified atom stereocenters. The highest BCUT2D eigenvalue weighted by Gasteiger charge is 2.38. The number of nitrogens with zero attached hydrogens (tertiary/aromatic N) is 4. The Hall–Kier alpha value is -4.00. The summed E-state index contributed by atoms with van der Waals surface area (Å²) in [6.07, 6.45) is -2.90. The van der Waals surface area contributed by atoms with E-state index >= 15 is 0 Å². The second-order valence-electron chi connectivity index (χ2n) is 10.7. The quantitative estimate of drug-likeness (QED) is 0.325. The second kappa shape index (κ2) is 14.0. The van der Waals surface area contributed by atoms with Crippen molar-refractivity contribution in [1.29, 1.82) is 0 Å². The zero-order valence-corrected chi connectivity index (χ0v) is 23.9. The number of nitrogens with one attached hydrogen (secondary N) is 1. The molecule has 0 aliphatic carbocycles. The number of benzene rings is 2. The van der Waals surface area contributed by atoms with E-state index in [-0.39, 0.29) is 17.9 Å². The van der Waals surface area contributed by atoms with Gasteiger partial charge in [0.2, 0.25) is 0 Å². The highest BCUT2D eigenvalue weighted by Crippen LogP contribution is 2.31. The van der Waals surface area contributed by atoms with Crippen LogP contribution >= 0.6 is 0 Å². The van der Waals surface area contributed by atoms with Crippen molar-refractivity contribution in [3.63, 3.8) is 0 Å². The van der Waals surface area contributed by atoms with Crippen molar-refractivity contribution in [2.45, 2.75) is 64.5 Å². The highest BCUT2D eigenvalue weighted by molar-refractivity contribution is 5.73. The maximum atomic E-state index is 14.0. The minimum atomic E-state index is -5.08. The van der Waals surface area contributed by atoms with Crippen molar-refractivity contribution in [2.75, 3.05) is 29.9 Å². The first-order valence-electron chi connectivity index (χ1n) is 14.0. The van der Waals surface area contributed by atoms with Crippen LogP contribution in [-0.4, -0.2) is 63.9 Å². The van der Waals surface area contributed by atoms with Gasteiger partial charge in [0, 0.05) is 64.1 Å². The lowest BCUT2D eigenvalue weighted by Gasteiger charge is -2.35. The number of aromatic nitrogens is 2. The summed E-state index contributed by atoms with van der Waals surface area (Å²) < 4.78 is 64.9. The van der Waals surface area contributed by atoms with Gasteiger partial charge in [0.05, 0.1) is 11.4 Å². The number of fused-ring (bicyclic) bond motifs is 1. The van der Waals surface area contributed by atoms with E-state index in [9.17, 15) is 22.0 Å². The first-order chi connectivity index (χ1) is 20.4. The average molecular weight is 608 g/mol. The topological polar surface area (TPSA) is 90.8 Å². The maximum absolute atomic E-state index is 14.0. The molecular weight excluding hydrogens is 573 g/mol. The van der Waals surface area contributed by atoms with Crippen molar-refractivity contribution < 1.29 is 36.6 Å². The summed E-state index contributed by atoms with van der Waals surface area (Å²) in [4.78, 5) is 23.7. The zero-order valence-electron chi connectivity index (χ0n) is 23.9. The van der Waals surface area contributed by atoms with Gasteiger partial charge in [0.25, 0.3) is 0 Å². The van der Waals surface area contributed by atoms with Crippen molar-refractivity contribution >= 4 is 17.6 Å². The minimum absolute atomic E-state index is 0.101. The minimum Gasteiger partial charge on any atom is -0.487 e. The Bertz CT molecular complexity index is 1380. The molecule has 232 valence electrons. The van der Waals surface area contributed by atoms with Crippen LogP contribution in [0.4, 0.5) is 33.6 Å². The first-order valence-corrected chi connectivity index (χ1v) is 14.0. The summed E-state index contributed by atoms with van der Waals surface area (Å²) >= 11 is 0. The SMILES string of the molecule is CC(C)Nc1nc2c(nc1N1CCC(Oc3ccc(F)cc3F)CC1)CN(Cc1ccccc1)CC2.O=C(O)C(F)(F)F. The van der Waals surface area contributed by atoms with Crippen LogP contribution in [0.1, 0.15) is 43.6 Å². The van der Waals surface area contributed by atoms with E-state index in [1.807, 2.05) is 6.07 Å². The molecule has 0 saturated carbocycles. The number of hydrogen-bond donors (Lipinski definition) is 2. The van der Waals surface area contributed by atoms with Gasteiger partial charge in [-0.25, -0.2) is 23.5 Å². The fraction of sp³-hybridized carbons (Fsp3) is 0.433. The Morgan fingerprint density at radius 2 is 1.72 bits per heavy atom.